The maximum absolute atomic E-state index is 11.8. The van der Waals surface area contributed by atoms with Crippen molar-refractivity contribution in [1.82, 2.24) is 10.2 Å². The summed E-state index contributed by atoms with van der Waals surface area (Å²) in [7, 11) is 0. The third kappa shape index (κ3) is 5.24. The topological polar surface area (TPSA) is 84.3 Å². The summed E-state index contributed by atoms with van der Waals surface area (Å²) < 4.78 is 6.10. The number of benzene rings is 1. The van der Waals surface area contributed by atoms with E-state index in [2.05, 4.69) is 15.5 Å². The highest BCUT2D eigenvalue weighted by Crippen LogP contribution is 2.27. The molecule has 1 heterocycles. The zero-order chi connectivity index (χ0) is 15.2. The first kappa shape index (κ1) is 15.6. The van der Waals surface area contributed by atoms with Gasteiger partial charge in [0, 0.05) is 5.69 Å². The third-order valence-corrected chi connectivity index (χ3v) is 4.15. The van der Waals surface area contributed by atoms with Crippen LogP contribution in [0.1, 0.15) is 13.8 Å². The lowest BCUT2D eigenvalue weighted by atomic mass is 10.3. The maximum Gasteiger partial charge on any atom is 0.295 e. The lowest BCUT2D eigenvalue weighted by Gasteiger charge is -2.04. The predicted octanol–water partition coefficient (Wildman–Crippen LogP) is 2.76. The van der Waals surface area contributed by atoms with Gasteiger partial charge in [0.15, 0.2) is 4.34 Å². The number of phenolic OH excluding ortho intramolecular Hbond substituents is 1. The van der Waals surface area contributed by atoms with E-state index >= 15 is 0 Å². The molecule has 2 aromatic rings. The van der Waals surface area contributed by atoms with Crippen molar-refractivity contribution in [3.63, 3.8) is 0 Å². The first-order chi connectivity index (χ1) is 10.0. The SMILES string of the molecule is CC(C)Oc1nnc(SCC(=O)Nc2ccc(O)cc2)s1. The van der Waals surface area contributed by atoms with Gasteiger partial charge in [-0.15, -0.1) is 5.10 Å². The van der Waals surface area contributed by atoms with Crippen LogP contribution in [0.5, 0.6) is 10.9 Å². The molecule has 1 aromatic carbocycles. The number of rotatable bonds is 6. The molecule has 2 N–H and O–H groups in total. The molecule has 21 heavy (non-hydrogen) atoms. The zero-order valence-corrected chi connectivity index (χ0v) is 13.2. The molecule has 0 fully saturated rings. The van der Waals surface area contributed by atoms with Gasteiger partial charge in [0.05, 0.1) is 11.9 Å². The van der Waals surface area contributed by atoms with E-state index in [1.807, 2.05) is 13.8 Å². The lowest BCUT2D eigenvalue weighted by molar-refractivity contribution is -0.113. The van der Waals surface area contributed by atoms with Crippen molar-refractivity contribution in [2.75, 3.05) is 11.1 Å². The molecule has 0 bridgehead atoms. The molecule has 1 amide bonds. The van der Waals surface area contributed by atoms with Crippen LogP contribution in [0.4, 0.5) is 5.69 Å². The second kappa shape index (κ2) is 7.28. The van der Waals surface area contributed by atoms with E-state index < -0.39 is 0 Å². The molecule has 0 unspecified atom stereocenters. The van der Waals surface area contributed by atoms with Gasteiger partial charge < -0.3 is 15.2 Å². The molecule has 0 radical (unpaired) electrons. The van der Waals surface area contributed by atoms with Crippen LogP contribution in [0.15, 0.2) is 28.6 Å². The van der Waals surface area contributed by atoms with E-state index in [1.54, 1.807) is 12.1 Å². The monoisotopic (exact) mass is 325 g/mol. The van der Waals surface area contributed by atoms with Crippen molar-refractivity contribution in [2.45, 2.75) is 24.3 Å². The summed E-state index contributed by atoms with van der Waals surface area (Å²) in [6.07, 6.45) is 0.0496. The minimum absolute atomic E-state index is 0.0496. The molecule has 0 aliphatic carbocycles. The molecule has 0 saturated carbocycles. The van der Waals surface area contributed by atoms with E-state index in [-0.39, 0.29) is 23.5 Å². The number of carbonyl (C=O) groups is 1. The summed E-state index contributed by atoms with van der Waals surface area (Å²) in [6.45, 7) is 3.83. The van der Waals surface area contributed by atoms with Crippen LogP contribution in [0.25, 0.3) is 0 Å². The number of aromatic nitrogens is 2. The van der Waals surface area contributed by atoms with Gasteiger partial charge in [-0.3, -0.25) is 4.79 Å². The van der Waals surface area contributed by atoms with E-state index in [4.69, 9.17) is 9.84 Å². The molecule has 0 spiro atoms. The molecule has 8 heteroatoms. The average Bonchev–Trinajstić information content (AvgIpc) is 2.86. The number of aromatic hydroxyl groups is 1. The molecule has 0 aliphatic heterocycles. The van der Waals surface area contributed by atoms with Gasteiger partial charge in [0.25, 0.3) is 5.19 Å². The largest absolute Gasteiger partial charge is 0.508 e. The van der Waals surface area contributed by atoms with Gasteiger partial charge >= 0.3 is 0 Å². The van der Waals surface area contributed by atoms with Crippen LogP contribution in [0.3, 0.4) is 0 Å². The van der Waals surface area contributed by atoms with Crippen molar-refractivity contribution in [1.29, 1.82) is 0 Å². The number of anilines is 1. The van der Waals surface area contributed by atoms with Crippen molar-refractivity contribution in [3.8, 4) is 10.9 Å². The number of carbonyl (C=O) groups excluding carboxylic acids is 1. The summed E-state index contributed by atoms with van der Waals surface area (Å²) in [5, 5.41) is 20.3. The number of nitrogens with zero attached hydrogens (tertiary/aromatic N) is 2. The fourth-order valence-corrected chi connectivity index (χ4v) is 2.98. The molecular formula is C13H15N3O3S2. The summed E-state index contributed by atoms with van der Waals surface area (Å²) in [4.78, 5) is 11.8. The Hall–Kier alpha value is -1.80. The second-order valence-electron chi connectivity index (χ2n) is 4.38. The number of hydrogen-bond acceptors (Lipinski definition) is 7. The zero-order valence-electron chi connectivity index (χ0n) is 11.6. The number of nitrogens with one attached hydrogen (secondary N) is 1. The Bertz CT molecular complexity index is 599. The van der Waals surface area contributed by atoms with Crippen LogP contribution in [0, 0.1) is 0 Å². The maximum atomic E-state index is 11.8. The highest BCUT2D eigenvalue weighted by molar-refractivity contribution is 8.01. The van der Waals surface area contributed by atoms with Gasteiger partial charge in [-0.05, 0) is 49.4 Å². The van der Waals surface area contributed by atoms with Gasteiger partial charge in [0.2, 0.25) is 5.91 Å². The van der Waals surface area contributed by atoms with Crippen LogP contribution < -0.4 is 10.1 Å². The first-order valence-corrected chi connectivity index (χ1v) is 8.05. The Balaban J connectivity index is 1.81. The highest BCUT2D eigenvalue weighted by Gasteiger charge is 2.10. The van der Waals surface area contributed by atoms with Crippen LogP contribution >= 0.6 is 23.1 Å². The Labute approximate surface area is 130 Å². The molecular weight excluding hydrogens is 310 g/mol. The number of ether oxygens (including phenoxy) is 1. The average molecular weight is 325 g/mol. The Morgan fingerprint density at radius 3 is 2.76 bits per heavy atom. The normalized spacial score (nSPS) is 10.6. The van der Waals surface area contributed by atoms with Gasteiger partial charge in [-0.1, -0.05) is 16.9 Å². The minimum atomic E-state index is -0.146. The van der Waals surface area contributed by atoms with Crippen LogP contribution in [-0.4, -0.2) is 33.1 Å². The number of phenols is 1. The summed E-state index contributed by atoms with van der Waals surface area (Å²) in [6, 6.07) is 6.31. The van der Waals surface area contributed by atoms with Gasteiger partial charge in [-0.2, -0.15) is 0 Å². The minimum Gasteiger partial charge on any atom is -0.508 e. The predicted molar refractivity (Wildman–Crippen MR) is 83.1 cm³/mol. The fraction of sp³-hybridized carbons (Fsp3) is 0.308. The van der Waals surface area contributed by atoms with Crippen LogP contribution in [-0.2, 0) is 4.79 Å². The van der Waals surface area contributed by atoms with Crippen LogP contribution in [0.2, 0.25) is 0 Å². The number of hydrogen-bond donors (Lipinski definition) is 2. The summed E-state index contributed by atoms with van der Waals surface area (Å²) >= 11 is 2.62. The van der Waals surface area contributed by atoms with E-state index in [0.29, 0.717) is 15.2 Å². The second-order valence-corrected chi connectivity index (χ2v) is 6.55. The van der Waals surface area contributed by atoms with E-state index in [1.165, 1.54) is 35.2 Å². The van der Waals surface area contributed by atoms with Crippen molar-refractivity contribution in [2.24, 2.45) is 0 Å². The molecule has 1 aromatic heterocycles. The molecule has 0 atom stereocenters. The van der Waals surface area contributed by atoms with Gasteiger partial charge in [0.1, 0.15) is 5.75 Å². The first-order valence-electron chi connectivity index (χ1n) is 6.25. The standard InChI is InChI=1S/C13H15N3O3S2/c1-8(2)19-12-15-16-13(21-12)20-7-11(18)14-9-3-5-10(17)6-4-9/h3-6,8,17H,7H2,1-2H3,(H,14,18). The Morgan fingerprint density at radius 1 is 1.38 bits per heavy atom. The summed E-state index contributed by atoms with van der Waals surface area (Å²) in [5.74, 6) is 0.248. The number of thioether (sulfide) groups is 1. The smallest absolute Gasteiger partial charge is 0.295 e. The van der Waals surface area contributed by atoms with E-state index in [0.717, 1.165) is 0 Å². The molecule has 0 saturated heterocycles. The highest BCUT2D eigenvalue weighted by atomic mass is 32.2. The molecule has 2 rings (SSSR count). The molecule has 0 aliphatic rings. The van der Waals surface area contributed by atoms with Gasteiger partial charge in [-0.25, -0.2) is 0 Å². The fourth-order valence-electron chi connectivity index (χ4n) is 1.37. The van der Waals surface area contributed by atoms with Crippen molar-refractivity contribution >= 4 is 34.7 Å². The lowest BCUT2D eigenvalue weighted by Crippen LogP contribution is -2.13. The molecule has 6 nitrogen and oxygen atoms in total. The quantitative estimate of drug-likeness (QED) is 0.627. The Morgan fingerprint density at radius 2 is 2.10 bits per heavy atom. The number of amides is 1. The third-order valence-electron chi connectivity index (χ3n) is 2.20. The van der Waals surface area contributed by atoms with Crippen molar-refractivity contribution in [3.05, 3.63) is 24.3 Å². The summed E-state index contributed by atoms with van der Waals surface area (Å²) in [5.41, 5.74) is 0.638. The van der Waals surface area contributed by atoms with Crippen molar-refractivity contribution < 1.29 is 14.6 Å². The van der Waals surface area contributed by atoms with E-state index in [9.17, 15) is 4.79 Å². The molecule has 112 valence electrons. The Kier molecular flexibility index (Phi) is 5.40.